The fraction of sp³-hybridized carbons (Fsp3) is 0.333. The van der Waals surface area contributed by atoms with Crippen molar-refractivity contribution in [3.63, 3.8) is 0 Å². The second kappa shape index (κ2) is 5.29. The van der Waals surface area contributed by atoms with E-state index in [1.54, 1.807) is 23.0 Å². The number of rotatable bonds is 4. The first kappa shape index (κ1) is 12.1. The van der Waals surface area contributed by atoms with Gasteiger partial charge < -0.3 is 5.11 Å². The third kappa shape index (κ3) is 3.28. The summed E-state index contributed by atoms with van der Waals surface area (Å²) in [5, 5.41) is 14.6. The van der Waals surface area contributed by atoms with E-state index in [-0.39, 0.29) is 0 Å². The van der Waals surface area contributed by atoms with Gasteiger partial charge in [0.2, 0.25) is 0 Å². The van der Waals surface area contributed by atoms with Crippen LogP contribution in [0.4, 0.5) is 0 Å². The average Bonchev–Trinajstić information content (AvgIpc) is 2.73. The van der Waals surface area contributed by atoms with Crippen LogP contribution in [0.25, 0.3) is 0 Å². The number of nitrogens with zero attached hydrogens (tertiary/aromatic N) is 3. The number of aliphatic hydroxyl groups excluding tert-OH is 1. The molecule has 0 spiro atoms. The van der Waals surface area contributed by atoms with E-state index in [1.165, 1.54) is 0 Å². The molecule has 4 nitrogen and oxygen atoms in total. The van der Waals surface area contributed by atoms with Crippen molar-refractivity contribution in [1.29, 1.82) is 0 Å². The molecule has 1 N–H and O–H groups in total. The normalized spacial score (nSPS) is 12.6. The molecule has 2 rings (SSSR count). The summed E-state index contributed by atoms with van der Waals surface area (Å²) in [6, 6.07) is 3.48. The van der Waals surface area contributed by atoms with Gasteiger partial charge in [0.15, 0.2) is 0 Å². The fourth-order valence-corrected chi connectivity index (χ4v) is 1.75. The highest BCUT2D eigenvalue weighted by molar-refractivity contribution is 6.30. The lowest BCUT2D eigenvalue weighted by atomic mass is 10.1. The van der Waals surface area contributed by atoms with E-state index in [0.29, 0.717) is 17.1 Å². The maximum atomic E-state index is 9.95. The highest BCUT2D eigenvalue weighted by atomic mass is 35.5. The van der Waals surface area contributed by atoms with Gasteiger partial charge in [-0.3, -0.25) is 9.67 Å². The van der Waals surface area contributed by atoms with E-state index in [4.69, 9.17) is 11.6 Å². The summed E-state index contributed by atoms with van der Waals surface area (Å²) in [6.07, 6.45) is 6.14. The van der Waals surface area contributed by atoms with Gasteiger partial charge in [-0.1, -0.05) is 11.6 Å². The van der Waals surface area contributed by atoms with E-state index in [0.717, 1.165) is 12.0 Å². The summed E-state index contributed by atoms with van der Waals surface area (Å²) in [4.78, 5) is 4.09. The maximum Gasteiger partial charge on any atom is 0.0962 e. The van der Waals surface area contributed by atoms with Gasteiger partial charge in [-0.05, 0) is 30.5 Å². The molecule has 0 saturated heterocycles. The average molecular weight is 252 g/mol. The molecule has 1 atom stereocenters. The Balaban J connectivity index is 1.93. The summed E-state index contributed by atoms with van der Waals surface area (Å²) in [7, 11) is 1.88. The van der Waals surface area contributed by atoms with Crippen LogP contribution < -0.4 is 0 Å². The third-order valence-electron chi connectivity index (χ3n) is 2.56. The van der Waals surface area contributed by atoms with Gasteiger partial charge in [-0.25, -0.2) is 0 Å². The van der Waals surface area contributed by atoms with Crippen molar-refractivity contribution in [2.45, 2.75) is 18.9 Å². The molecule has 2 aromatic heterocycles. The minimum atomic E-state index is -0.563. The molecule has 0 bridgehead atoms. The number of hydrogen-bond donors (Lipinski definition) is 1. The molecule has 0 aromatic carbocycles. The Hall–Kier alpha value is -1.39. The number of aromatic nitrogens is 3. The molecule has 0 amide bonds. The Morgan fingerprint density at radius 1 is 1.41 bits per heavy atom. The van der Waals surface area contributed by atoms with Gasteiger partial charge in [0, 0.05) is 19.4 Å². The lowest BCUT2D eigenvalue weighted by Crippen LogP contribution is -2.01. The number of hydrogen-bond acceptors (Lipinski definition) is 3. The van der Waals surface area contributed by atoms with Crippen LogP contribution in [0.1, 0.15) is 23.8 Å². The Labute approximate surface area is 105 Å². The molecule has 17 heavy (non-hydrogen) atoms. The first-order valence-electron chi connectivity index (χ1n) is 5.42. The monoisotopic (exact) mass is 251 g/mol. The second-order valence-electron chi connectivity index (χ2n) is 3.98. The molecule has 90 valence electrons. The summed E-state index contributed by atoms with van der Waals surface area (Å²) < 4.78 is 1.75. The predicted molar refractivity (Wildman–Crippen MR) is 65.7 cm³/mol. The standard InChI is InChI=1S/C12H14ClN3O/c1-16-8-9(6-15-16)2-5-12(17)11-4-3-10(13)7-14-11/h3-4,6-8,12,17H,2,5H2,1H3. The Morgan fingerprint density at radius 2 is 2.24 bits per heavy atom. The van der Waals surface area contributed by atoms with E-state index < -0.39 is 6.10 Å². The maximum absolute atomic E-state index is 9.95. The second-order valence-corrected chi connectivity index (χ2v) is 4.41. The molecule has 0 radical (unpaired) electrons. The van der Waals surface area contributed by atoms with E-state index >= 15 is 0 Å². The quantitative estimate of drug-likeness (QED) is 0.906. The van der Waals surface area contributed by atoms with Crippen LogP contribution in [0.15, 0.2) is 30.7 Å². The zero-order valence-electron chi connectivity index (χ0n) is 9.55. The van der Waals surface area contributed by atoms with Crippen LogP contribution in [0.2, 0.25) is 5.02 Å². The summed E-state index contributed by atoms with van der Waals surface area (Å²) in [6.45, 7) is 0. The molecule has 0 aliphatic heterocycles. The molecule has 1 unspecified atom stereocenters. The van der Waals surface area contributed by atoms with E-state index in [1.807, 2.05) is 19.4 Å². The number of halogens is 1. The fourth-order valence-electron chi connectivity index (χ4n) is 1.64. The zero-order valence-corrected chi connectivity index (χ0v) is 10.3. The molecule has 0 aliphatic rings. The highest BCUT2D eigenvalue weighted by Gasteiger charge is 2.09. The van der Waals surface area contributed by atoms with Gasteiger partial charge >= 0.3 is 0 Å². The molecule has 0 saturated carbocycles. The van der Waals surface area contributed by atoms with E-state index in [2.05, 4.69) is 10.1 Å². The van der Waals surface area contributed by atoms with Crippen LogP contribution in [0.5, 0.6) is 0 Å². The molecule has 0 fully saturated rings. The van der Waals surface area contributed by atoms with Gasteiger partial charge in [-0.15, -0.1) is 0 Å². The lowest BCUT2D eigenvalue weighted by molar-refractivity contribution is 0.163. The molecular weight excluding hydrogens is 238 g/mol. The zero-order chi connectivity index (χ0) is 12.3. The lowest BCUT2D eigenvalue weighted by Gasteiger charge is -2.08. The van der Waals surface area contributed by atoms with Crippen LogP contribution >= 0.6 is 11.6 Å². The van der Waals surface area contributed by atoms with Gasteiger partial charge in [-0.2, -0.15) is 5.10 Å². The smallest absolute Gasteiger partial charge is 0.0962 e. The molecular formula is C12H14ClN3O. The van der Waals surface area contributed by atoms with Crippen LogP contribution in [-0.2, 0) is 13.5 Å². The largest absolute Gasteiger partial charge is 0.387 e. The molecule has 2 heterocycles. The van der Waals surface area contributed by atoms with Crippen LogP contribution in [-0.4, -0.2) is 19.9 Å². The Kier molecular flexibility index (Phi) is 3.76. The molecule has 2 aromatic rings. The SMILES string of the molecule is Cn1cc(CCC(O)c2ccc(Cl)cn2)cn1. The van der Waals surface area contributed by atoms with Crippen LogP contribution in [0, 0.1) is 0 Å². The van der Waals surface area contributed by atoms with Crippen LogP contribution in [0.3, 0.4) is 0 Å². The van der Waals surface area contributed by atoms with Crippen molar-refractivity contribution in [3.8, 4) is 0 Å². The van der Waals surface area contributed by atoms with Crippen molar-refractivity contribution in [2.75, 3.05) is 0 Å². The Bertz CT molecular complexity index is 481. The van der Waals surface area contributed by atoms with Crippen molar-refractivity contribution < 1.29 is 5.11 Å². The summed E-state index contributed by atoms with van der Waals surface area (Å²) in [5.41, 5.74) is 1.76. The van der Waals surface area contributed by atoms with E-state index in [9.17, 15) is 5.11 Å². The third-order valence-corrected chi connectivity index (χ3v) is 2.78. The van der Waals surface area contributed by atoms with Gasteiger partial charge in [0.1, 0.15) is 0 Å². The first-order chi connectivity index (χ1) is 8.15. The minimum absolute atomic E-state index is 0.563. The molecule has 0 aliphatic carbocycles. The highest BCUT2D eigenvalue weighted by Crippen LogP contribution is 2.18. The molecule has 5 heteroatoms. The van der Waals surface area contributed by atoms with Crippen molar-refractivity contribution in [3.05, 3.63) is 47.0 Å². The van der Waals surface area contributed by atoms with Crippen molar-refractivity contribution in [2.24, 2.45) is 7.05 Å². The number of pyridine rings is 1. The first-order valence-corrected chi connectivity index (χ1v) is 5.80. The number of aliphatic hydroxyl groups is 1. The van der Waals surface area contributed by atoms with Crippen molar-refractivity contribution >= 4 is 11.6 Å². The van der Waals surface area contributed by atoms with Gasteiger partial charge in [0.25, 0.3) is 0 Å². The van der Waals surface area contributed by atoms with Gasteiger partial charge in [0.05, 0.1) is 23.0 Å². The summed E-state index contributed by atoms with van der Waals surface area (Å²) in [5.74, 6) is 0. The summed E-state index contributed by atoms with van der Waals surface area (Å²) >= 11 is 5.74. The topological polar surface area (TPSA) is 50.9 Å². The van der Waals surface area contributed by atoms with Crippen molar-refractivity contribution in [1.82, 2.24) is 14.8 Å². The number of aryl methyl sites for hydroxylation is 2. The predicted octanol–water partition coefficient (Wildman–Crippen LogP) is 2.13. The Morgan fingerprint density at radius 3 is 2.82 bits per heavy atom. The minimum Gasteiger partial charge on any atom is -0.387 e.